The summed E-state index contributed by atoms with van der Waals surface area (Å²) in [6.45, 7) is 7.61. The molecular weight excluding hydrogens is 598 g/mol. The minimum atomic E-state index is -4.01. The van der Waals surface area contributed by atoms with E-state index in [9.17, 15) is 13.2 Å². The lowest BCUT2D eigenvalue weighted by atomic mass is 10.00. The van der Waals surface area contributed by atoms with Crippen LogP contribution >= 0.6 is 22.9 Å². The minimum Gasteiger partial charge on any atom is -0.497 e. The van der Waals surface area contributed by atoms with Gasteiger partial charge in [-0.2, -0.15) is 0 Å². The first kappa shape index (κ1) is 30.4. The van der Waals surface area contributed by atoms with Crippen molar-refractivity contribution >= 4 is 44.2 Å². The zero-order valence-corrected chi connectivity index (χ0v) is 26.8. The number of halogens is 1. The molecule has 2 bridgehead atoms. The maximum absolute atomic E-state index is 13.9. The van der Waals surface area contributed by atoms with Gasteiger partial charge in [0, 0.05) is 36.5 Å². The second-order valence-corrected chi connectivity index (χ2v) is 14.8. The fraction of sp³-hybridized carbons (Fsp3) is 0.467. The smallest absolute Gasteiger partial charge is 0.410 e. The monoisotopic (exact) mass is 633 g/mol. The van der Waals surface area contributed by atoms with Crippen LogP contribution in [0, 0.1) is 6.92 Å². The summed E-state index contributed by atoms with van der Waals surface area (Å²) in [5.74, 6) is 1.11. The maximum atomic E-state index is 13.9. The number of amides is 1. The van der Waals surface area contributed by atoms with E-state index in [1.165, 1.54) is 27.8 Å². The summed E-state index contributed by atoms with van der Waals surface area (Å²) in [5.41, 5.74) is 1.18. The molecule has 12 heteroatoms. The molecule has 3 heterocycles. The average Bonchev–Trinajstić information content (AvgIpc) is 3.54. The van der Waals surface area contributed by atoms with E-state index in [0.29, 0.717) is 29.5 Å². The summed E-state index contributed by atoms with van der Waals surface area (Å²) < 4.78 is 46.4. The Bertz CT molecular complexity index is 1530. The highest BCUT2D eigenvalue weighted by Gasteiger charge is 2.45. The number of thiazole rings is 1. The van der Waals surface area contributed by atoms with Gasteiger partial charge in [-0.15, -0.1) is 11.3 Å². The third-order valence-corrected chi connectivity index (χ3v) is 10.5. The number of benzene rings is 2. The van der Waals surface area contributed by atoms with Gasteiger partial charge in [0.25, 0.3) is 10.0 Å². The number of ether oxygens (including phenoxy) is 3. The first-order valence-electron chi connectivity index (χ1n) is 13.9. The molecule has 2 aromatic carbocycles. The number of methoxy groups -OCH3 is 1. The van der Waals surface area contributed by atoms with Gasteiger partial charge in [-0.1, -0.05) is 17.7 Å². The third kappa shape index (κ3) is 6.48. The molecule has 226 valence electrons. The topological polar surface area (TPSA) is 98.3 Å². The number of aromatic nitrogens is 1. The van der Waals surface area contributed by atoms with Crippen LogP contribution < -0.4 is 13.8 Å². The van der Waals surface area contributed by atoms with Crippen molar-refractivity contribution < 1.29 is 27.4 Å². The Hall–Kier alpha value is -3.02. The second kappa shape index (κ2) is 11.9. The van der Waals surface area contributed by atoms with Gasteiger partial charge in [-0.3, -0.25) is 0 Å². The molecule has 0 saturated carbocycles. The van der Waals surface area contributed by atoms with Crippen molar-refractivity contribution in [1.29, 1.82) is 0 Å². The Morgan fingerprint density at radius 3 is 2.43 bits per heavy atom. The van der Waals surface area contributed by atoms with Crippen LogP contribution in [0.1, 0.15) is 57.6 Å². The number of aryl methyl sites for hydroxylation is 1. The molecule has 2 fully saturated rings. The van der Waals surface area contributed by atoms with Gasteiger partial charge >= 0.3 is 6.09 Å². The van der Waals surface area contributed by atoms with Crippen LogP contribution in [0.25, 0.3) is 0 Å². The predicted molar refractivity (Wildman–Crippen MR) is 163 cm³/mol. The summed E-state index contributed by atoms with van der Waals surface area (Å²) in [4.78, 5) is 19.0. The van der Waals surface area contributed by atoms with Gasteiger partial charge in [-0.05, 0) is 82.0 Å². The van der Waals surface area contributed by atoms with Crippen LogP contribution in [0.2, 0.25) is 5.02 Å². The fourth-order valence-corrected chi connectivity index (χ4v) is 8.19. The number of fused-ring (bicyclic) bond motifs is 2. The molecule has 42 heavy (non-hydrogen) atoms. The molecule has 2 aliphatic rings. The van der Waals surface area contributed by atoms with Crippen LogP contribution in [0.15, 0.2) is 52.9 Å². The summed E-state index contributed by atoms with van der Waals surface area (Å²) in [6, 6.07) is 10.2. The van der Waals surface area contributed by atoms with E-state index in [4.69, 9.17) is 25.8 Å². The molecule has 0 aliphatic carbocycles. The maximum Gasteiger partial charge on any atom is 0.410 e. The molecule has 1 aromatic heterocycles. The number of hydrogen-bond acceptors (Lipinski definition) is 8. The Morgan fingerprint density at radius 1 is 1.14 bits per heavy atom. The van der Waals surface area contributed by atoms with Gasteiger partial charge in [0.05, 0.1) is 23.6 Å². The van der Waals surface area contributed by atoms with E-state index >= 15 is 0 Å². The third-order valence-electron chi connectivity index (χ3n) is 7.58. The zero-order valence-electron chi connectivity index (χ0n) is 24.4. The van der Waals surface area contributed by atoms with Crippen LogP contribution in [0.5, 0.6) is 11.5 Å². The molecule has 9 nitrogen and oxygen atoms in total. The van der Waals surface area contributed by atoms with Gasteiger partial charge in [0.2, 0.25) is 0 Å². The number of piperidine rings is 1. The second-order valence-electron chi connectivity index (χ2n) is 11.7. The first-order valence-corrected chi connectivity index (χ1v) is 16.6. The minimum absolute atomic E-state index is 0.0373. The standard InChI is InChI=1S/C30H36ClN3O6S2/c1-19-14-23(38-5)9-6-20(19)18-33(28-32-12-13-41-28)42(36,37)25-10-11-27(26(31)17-25)39-24-15-21-7-8-22(16-24)34(21)29(35)40-30(2,3)4/h6,9-14,17,21-22,24H,7-8,15-16,18H2,1-5H3/t21-,22+,24?. The summed E-state index contributed by atoms with van der Waals surface area (Å²) in [7, 11) is -2.42. The van der Waals surface area contributed by atoms with E-state index in [2.05, 4.69) is 4.98 Å². The zero-order chi connectivity index (χ0) is 30.2. The normalized spacial score (nSPS) is 20.3. The molecule has 5 rings (SSSR count). The van der Waals surface area contributed by atoms with Crippen molar-refractivity contribution in [2.75, 3.05) is 11.4 Å². The van der Waals surface area contributed by atoms with Crippen LogP contribution in [0.4, 0.5) is 9.93 Å². The molecule has 0 N–H and O–H groups in total. The number of rotatable bonds is 8. The molecule has 3 atom stereocenters. The van der Waals surface area contributed by atoms with E-state index < -0.39 is 15.6 Å². The van der Waals surface area contributed by atoms with Crippen LogP contribution in [-0.4, -0.2) is 55.3 Å². The lowest BCUT2D eigenvalue weighted by Crippen LogP contribution is -2.50. The molecule has 2 saturated heterocycles. The van der Waals surface area contributed by atoms with E-state index in [-0.39, 0.29) is 40.7 Å². The largest absolute Gasteiger partial charge is 0.497 e. The fourth-order valence-electron chi connectivity index (χ4n) is 5.60. The lowest BCUT2D eigenvalue weighted by molar-refractivity contribution is -0.00707. The Morgan fingerprint density at radius 2 is 1.86 bits per heavy atom. The highest BCUT2D eigenvalue weighted by molar-refractivity contribution is 7.93. The van der Waals surface area contributed by atoms with Crippen LogP contribution in [-0.2, 0) is 21.3 Å². The first-order chi connectivity index (χ1) is 19.9. The van der Waals surface area contributed by atoms with Crippen molar-refractivity contribution in [1.82, 2.24) is 9.88 Å². The van der Waals surface area contributed by atoms with Gasteiger partial charge in [0.15, 0.2) is 5.13 Å². The van der Waals surface area contributed by atoms with Gasteiger partial charge < -0.3 is 19.1 Å². The van der Waals surface area contributed by atoms with E-state index in [1.807, 2.05) is 50.8 Å². The van der Waals surface area contributed by atoms with Crippen molar-refractivity contribution in [3.8, 4) is 11.5 Å². The number of hydrogen-bond donors (Lipinski definition) is 0. The number of anilines is 1. The van der Waals surface area contributed by atoms with Crippen molar-refractivity contribution in [2.45, 2.75) is 88.6 Å². The van der Waals surface area contributed by atoms with Gasteiger partial charge in [0.1, 0.15) is 23.2 Å². The lowest BCUT2D eigenvalue weighted by Gasteiger charge is -2.39. The van der Waals surface area contributed by atoms with Gasteiger partial charge in [-0.25, -0.2) is 22.5 Å². The highest BCUT2D eigenvalue weighted by Crippen LogP contribution is 2.40. The number of carbonyl (C=O) groups is 1. The average molecular weight is 634 g/mol. The Balaban J connectivity index is 1.33. The predicted octanol–water partition coefficient (Wildman–Crippen LogP) is 6.82. The molecule has 2 aliphatic heterocycles. The van der Waals surface area contributed by atoms with Crippen molar-refractivity contribution in [3.63, 3.8) is 0 Å². The Kier molecular flexibility index (Phi) is 8.65. The molecule has 3 aromatic rings. The summed E-state index contributed by atoms with van der Waals surface area (Å²) >= 11 is 7.87. The van der Waals surface area contributed by atoms with E-state index in [0.717, 1.165) is 24.0 Å². The number of nitrogens with zero attached hydrogens (tertiary/aromatic N) is 3. The molecule has 0 spiro atoms. The SMILES string of the molecule is COc1ccc(CN(c2nccs2)S(=O)(=O)c2ccc(OC3C[C@H]4CC[C@@H](C3)N4C(=O)OC(C)(C)C)c(Cl)c2)c(C)c1. The molecule has 1 unspecified atom stereocenters. The van der Waals surface area contributed by atoms with Crippen molar-refractivity contribution in [2.24, 2.45) is 0 Å². The molecule has 1 amide bonds. The van der Waals surface area contributed by atoms with Crippen molar-refractivity contribution in [3.05, 3.63) is 64.1 Å². The number of sulfonamides is 1. The van der Waals surface area contributed by atoms with Crippen LogP contribution in [0.3, 0.4) is 0 Å². The Labute approximate surface area is 256 Å². The molecular formula is C30H36ClN3O6S2. The highest BCUT2D eigenvalue weighted by atomic mass is 35.5. The summed E-state index contributed by atoms with van der Waals surface area (Å²) in [5, 5.41) is 2.30. The van der Waals surface area contributed by atoms with E-state index in [1.54, 1.807) is 24.8 Å². The molecule has 0 radical (unpaired) electrons. The summed E-state index contributed by atoms with van der Waals surface area (Å²) in [6.07, 6.45) is 4.26. The quantitative estimate of drug-likeness (QED) is 0.268. The number of carbonyl (C=O) groups excluding carboxylic acids is 1.